The summed E-state index contributed by atoms with van der Waals surface area (Å²) >= 11 is 0. The molecule has 0 bridgehead atoms. The number of piperidine rings is 1. The van der Waals surface area contributed by atoms with Crippen LogP contribution in [0.25, 0.3) is 0 Å². The number of hydrogen-bond donors (Lipinski definition) is 0. The van der Waals surface area contributed by atoms with Crippen LogP contribution in [0.2, 0.25) is 0 Å². The molecule has 0 aliphatic carbocycles. The highest BCUT2D eigenvalue weighted by atomic mass is 32.2. The van der Waals surface area contributed by atoms with Crippen LogP contribution < -0.4 is 4.90 Å². The van der Waals surface area contributed by atoms with E-state index in [1.165, 1.54) is 36.2 Å². The molecule has 0 unspecified atom stereocenters. The Labute approximate surface area is 240 Å². The molecule has 0 aromatic heterocycles. The standard InChI is InChI=1S/C28H30F7N3O3S/c1-36(22-14-19(27(30,31)32)13-20(15-22)28(33,34)35)26(40)37(2)24-7-10-38(25(39)18-8-11-42(41)12-9-18)16-23(24)17-3-5-21(29)6-4-17/h3-6,13-15,18,23-24H,7-12,16H2,1-2H3/t18?,23-,24+,42?/m0/s1. The molecule has 42 heavy (non-hydrogen) atoms. The van der Waals surface area contributed by atoms with Gasteiger partial charge < -0.3 is 9.80 Å². The monoisotopic (exact) mass is 621 g/mol. The normalized spacial score (nSPS) is 23.4. The molecule has 2 aliphatic rings. The van der Waals surface area contributed by atoms with Crippen molar-refractivity contribution < 1.29 is 44.5 Å². The van der Waals surface area contributed by atoms with Gasteiger partial charge in [-0.05, 0) is 55.2 Å². The van der Waals surface area contributed by atoms with Crippen LogP contribution in [0, 0.1) is 11.7 Å². The molecule has 0 spiro atoms. The van der Waals surface area contributed by atoms with Crippen molar-refractivity contribution in [2.24, 2.45) is 5.92 Å². The predicted molar refractivity (Wildman–Crippen MR) is 143 cm³/mol. The number of benzene rings is 2. The lowest BCUT2D eigenvalue weighted by Gasteiger charge is -2.44. The van der Waals surface area contributed by atoms with Crippen LogP contribution in [0.4, 0.5) is 41.2 Å². The third-order valence-corrected chi connectivity index (χ3v) is 9.35. The van der Waals surface area contributed by atoms with E-state index < -0.39 is 63.8 Å². The number of nitrogens with zero attached hydrogens (tertiary/aromatic N) is 3. The van der Waals surface area contributed by atoms with E-state index in [2.05, 4.69) is 0 Å². The van der Waals surface area contributed by atoms with E-state index in [-0.39, 0.29) is 37.4 Å². The van der Waals surface area contributed by atoms with Crippen LogP contribution in [0.5, 0.6) is 0 Å². The first-order chi connectivity index (χ1) is 19.6. The average Bonchev–Trinajstić information content (AvgIpc) is 2.95. The lowest BCUT2D eigenvalue weighted by atomic mass is 9.84. The zero-order chi connectivity index (χ0) is 31.0. The van der Waals surface area contributed by atoms with Crippen LogP contribution in [0.15, 0.2) is 42.5 Å². The summed E-state index contributed by atoms with van der Waals surface area (Å²) in [6.45, 7) is 0.418. The molecule has 0 N–H and O–H groups in total. The van der Waals surface area contributed by atoms with Gasteiger partial charge in [0, 0.05) is 73.1 Å². The Bertz CT molecular complexity index is 1290. The number of anilines is 1. The largest absolute Gasteiger partial charge is 0.416 e. The van der Waals surface area contributed by atoms with Crippen molar-refractivity contribution in [3.8, 4) is 0 Å². The van der Waals surface area contributed by atoms with Crippen molar-refractivity contribution in [1.29, 1.82) is 0 Å². The second-order valence-electron chi connectivity index (χ2n) is 10.6. The minimum absolute atomic E-state index is 0.00714. The first-order valence-corrected chi connectivity index (χ1v) is 14.7. The summed E-state index contributed by atoms with van der Waals surface area (Å²) in [6, 6.07) is 5.01. The van der Waals surface area contributed by atoms with E-state index in [0.29, 0.717) is 42.0 Å². The number of carbonyl (C=O) groups is 2. The predicted octanol–water partition coefficient (Wildman–Crippen LogP) is 5.89. The van der Waals surface area contributed by atoms with Crippen LogP contribution in [-0.4, -0.2) is 70.7 Å². The number of alkyl halides is 6. The quantitative estimate of drug-likeness (QED) is 0.400. The number of rotatable bonds is 4. The highest BCUT2D eigenvalue weighted by Gasteiger charge is 2.41. The molecule has 2 heterocycles. The van der Waals surface area contributed by atoms with Gasteiger partial charge in [-0.3, -0.25) is 13.9 Å². The number of amides is 3. The Morgan fingerprint density at radius 1 is 0.881 bits per heavy atom. The third-order valence-electron chi connectivity index (χ3n) is 7.97. The summed E-state index contributed by atoms with van der Waals surface area (Å²) in [5.41, 5.74) is -3.06. The molecule has 2 saturated heterocycles. The van der Waals surface area contributed by atoms with Crippen molar-refractivity contribution in [3.05, 3.63) is 65.0 Å². The minimum Gasteiger partial charge on any atom is -0.342 e. The van der Waals surface area contributed by atoms with Gasteiger partial charge in [0.1, 0.15) is 5.82 Å². The smallest absolute Gasteiger partial charge is 0.342 e. The van der Waals surface area contributed by atoms with E-state index >= 15 is 0 Å². The average molecular weight is 622 g/mol. The summed E-state index contributed by atoms with van der Waals surface area (Å²) in [7, 11) is 1.53. The summed E-state index contributed by atoms with van der Waals surface area (Å²) in [6.07, 6.45) is -8.91. The summed E-state index contributed by atoms with van der Waals surface area (Å²) < 4.78 is 106. The first kappa shape index (κ1) is 31.8. The first-order valence-electron chi connectivity index (χ1n) is 13.3. The Hall–Kier alpha value is -3.16. The molecule has 0 saturated carbocycles. The summed E-state index contributed by atoms with van der Waals surface area (Å²) in [5, 5.41) is 0. The molecular weight excluding hydrogens is 591 g/mol. The number of carbonyl (C=O) groups excluding carboxylic acids is 2. The molecule has 4 rings (SSSR count). The topological polar surface area (TPSA) is 60.9 Å². The highest BCUT2D eigenvalue weighted by Crippen LogP contribution is 2.39. The second kappa shape index (κ2) is 12.2. The molecule has 2 fully saturated rings. The van der Waals surface area contributed by atoms with Gasteiger partial charge in [-0.15, -0.1) is 0 Å². The number of urea groups is 1. The number of likely N-dealkylation sites (tertiary alicyclic amines) is 1. The molecule has 230 valence electrons. The molecule has 2 atom stereocenters. The van der Waals surface area contributed by atoms with Gasteiger partial charge in [0.2, 0.25) is 5.91 Å². The zero-order valence-electron chi connectivity index (χ0n) is 22.8. The van der Waals surface area contributed by atoms with Gasteiger partial charge >= 0.3 is 18.4 Å². The Morgan fingerprint density at radius 3 is 1.95 bits per heavy atom. The van der Waals surface area contributed by atoms with Crippen LogP contribution in [-0.2, 0) is 27.9 Å². The fraction of sp³-hybridized carbons (Fsp3) is 0.500. The van der Waals surface area contributed by atoms with Gasteiger partial charge in [-0.1, -0.05) is 12.1 Å². The maximum Gasteiger partial charge on any atom is 0.416 e. The van der Waals surface area contributed by atoms with Gasteiger partial charge in [-0.2, -0.15) is 26.3 Å². The third kappa shape index (κ3) is 7.07. The molecule has 2 aromatic rings. The highest BCUT2D eigenvalue weighted by molar-refractivity contribution is 7.85. The number of halogens is 7. The minimum atomic E-state index is -5.08. The van der Waals surface area contributed by atoms with Gasteiger partial charge in [0.05, 0.1) is 11.1 Å². The SMILES string of the molecule is CN(C(=O)N(C)[C@@H]1CCN(C(=O)C2CCS(=O)CC2)C[C@H]1c1ccc(F)cc1)c1cc(C(F)(F)F)cc(C(F)(F)F)c1. The zero-order valence-corrected chi connectivity index (χ0v) is 23.7. The number of hydrogen-bond acceptors (Lipinski definition) is 3. The van der Waals surface area contributed by atoms with Gasteiger partial charge in [0.25, 0.3) is 0 Å². The van der Waals surface area contributed by atoms with Crippen molar-refractivity contribution in [2.45, 2.75) is 43.6 Å². The summed E-state index contributed by atoms with van der Waals surface area (Å²) in [4.78, 5) is 30.5. The maximum atomic E-state index is 13.7. The van der Waals surface area contributed by atoms with Gasteiger partial charge in [-0.25, -0.2) is 9.18 Å². The fourth-order valence-corrected chi connectivity index (χ4v) is 6.86. The number of likely N-dealkylation sites (N-methyl/N-ethyl adjacent to an activating group) is 1. The van der Waals surface area contributed by atoms with E-state index in [9.17, 15) is 44.5 Å². The van der Waals surface area contributed by atoms with E-state index in [1.807, 2.05) is 0 Å². The van der Waals surface area contributed by atoms with Crippen molar-refractivity contribution in [3.63, 3.8) is 0 Å². The lowest BCUT2D eigenvalue weighted by Crippen LogP contribution is -2.55. The molecular formula is C28H30F7N3O3S. The van der Waals surface area contributed by atoms with Crippen LogP contribution >= 0.6 is 0 Å². The maximum absolute atomic E-state index is 13.7. The van der Waals surface area contributed by atoms with Crippen LogP contribution in [0.3, 0.4) is 0 Å². The van der Waals surface area contributed by atoms with Crippen LogP contribution in [0.1, 0.15) is 41.9 Å². The Morgan fingerprint density at radius 2 is 1.43 bits per heavy atom. The molecule has 6 nitrogen and oxygen atoms in total. The van der Waals surface area contributed by atoms with Crippen molar-refractivity contribution in [2.75, 3.05) is 43.6 Å². The molecule has 3 amide bonds. The molecule has 14 heteroatoms. The Balaban J connectivity index is 1.61. The van der Waals surface area contributed by atoms with Crippen molar-refractivity contribution in [1.82, 2.24) is 9.80 Å². The van der Waals surface area contributed by atoms with Crippen molar-refractivity contribution >= 4 is 28.4 Å². The molecule has 0 radical (unpaired) electrons. The van der Waals surface area contributed by atoms with E-state index in [1.54, 1.807) is 4.90 Å². The fourth-order valence-electron chi connectivity index (χ4n) is 5.56. The lowest BCUT2D eigenvalue weighted by molar-refractivity contribution is -0.143. The van der Waals surface area contributed by atoms with E-state index in [0.717, 1.165) is 11.9 Å². The Kier molecular flexibility index (Phi) is 9.24. The van der Waals surface area contributed by atoms with E-state index in [4.69, 9.17) is 0 Å². The molecule has 2 aromatic carbocycles. The second-order valence-corrected chi connectivity index (χ2v) is 12.3. The molecule has 2 aliphatic heterocycles. The van der Waals surface area contributed by atoms with Gasteiger partial charge in [0.15, 0.2) is 0 Å². The summed E-state index contributed by atoms with van der Waals surface area (Å²) in [5.74, 6) is -0.541.